The largest absolute Gasteiger partial charge is 0.490 e. The van der Waals surface area contributed by atoms with Crippen LogP contribution in [0.25, 0.3) is 0 Å². The minimum absolute atomic E-state index is 0.115. The van der Waals surface area contributed by atoms with Crippen LogP contribution in [-0.4, -0.2) is 35.9 Å². The molecule has 0 aliphatic carbocycles. The summed E-state index contributed by atoms with van der Waals surface area (Å²) in [5.74, 6) is -0.0220. The van der Waals surface area contributed by atoms with Crippen molar-refractivity contribution in [2.75, 3.05) is 25.5 Å². The third kappa shape index (κ3) is 3.83. The van der Waals surface area contributed by atoms with Crippen molar-refractivity contribution in [1.82, 2.24) is 4.90 Å². The van der Waals surface area contributed by atoms with E-state index >= 15 is 0 Å². The summed E-state index contributed by atoms with van der Waals surface area (Å²) in [4.78, 5) is 25.1. The number of methoxy groups -OCH3 is 1. The highest BCUT2D eigenvalue weighted by Gasteiger charge is 2.21. The number of nitro benzene ring substituents is 1. The average molecular weight is 355 g/mol. The normalized spacial score (nSPS) is 13.8. The van der Waals surface area contributed by atoms with Gasteiger partial charge in [0.05, 0.1) is 18.6 Å². The van der Waals surface area contributed by atoms with Gasteiger partial charge in [0, 0.05) is 30.9 Å². The summed E-state index contributed by atoms with van der Waals surface area (Å²) < 4.78 is 5.07. The molecule has 7 nitrogen and oxygen atoms in total. The van der Waals surface area contributed by atoms with Gasteiger partial charge in [-0.15, -0.1) is 0 Å². The van der Waals surface area contributed by atoms with Crippen molar-refractivity contribution in [3.8, 4) is 5.75 Å². The van der Waals surface area contributed by atoms with Gasteiger partial charge in [0.1, 0.15) is 0 Å². The first-order chi connectivity index (χ1) is 12.5. The molecule has 0 fully saturated rings. The molecule has 0 saturated carbocycles. The quantitative estimate of drug-likeness (QED) is 0.658. The molecular formula is C19H21N3O4. The van der Waals surface area contributed by atoms with E-state index in [2.05, 4.69) is 22.3 Å². The molecule has 1 N–H and O–H groups in total. The summed E-state index contributed by atoms with van der Waals surface area (Å²) in [7, 11) is 1.37. The number of nitro groups is 1. The van der Waals surface area contributed by atoms with E-state index in [4.69, 9.17) is 4.74 Å². The molecule has 1 amide bonds. The number of anilines is 1. The van der Waals surface area contributed by atoms with Crippen LogP contribution < -0.4 is 10.1 Å². The molecule has 26 heavy (non-hydrogen) atoms. The molecule has 0 bridgehead atoms. The second-order valence-electron chi connectivity index (χ2n) is 6.37. The van der Waals surface area contributed by atoms with E-state index in [0.29, 0.717) is 11.3 Å². The van der Waals surface area contributed by atoms with Gasteiger partial charge < -0.3 is 10.1 Å². The van der Waals surface area contributed by atoms with E-state index in [-0.39, 0.29) is 23.9 Å². The van der Waals surface area contributed by atoms with E-state index in [9.17, 15) is 14.9 Å². The highest BCUT2D eigenvalue weighted by molar-refractivity contribution is 5.93. The summed E-state index contributed by atoms with van der Waals surface area (Å²) in [6, 6.07) is 11.2. The number of fused-ring (bicyclic) bond motifs is 1. The van der Waals surface area contributed by atoms with Gasteiger partial charge in [0.2, 0.25) is 5.91 Å². The van der Waals surface area contributed by atoms with Gasteiger partial charge in [0.25, 0.3) is 0 Å². The Morgan fingerprint density at radius 2 is 2.04 bits per heavy atom. The number of rotatable bonds is 5. The maximum Gasteiger partial charge on any atom is 0.311 e. The smallest absolute Gasteiger partial charge is 0.311 e. The van der Waals surface area contributed by atoms with E-state index < -0.39 is 4.92 Å². The maximum absolute atomic E-state index is 12.4. The number of amides is 1. The number of ether oxygens (including phenoxy) is 1. The highest BCUT2D eigenvalue weighted by Crippen LogP contribution is 2.32. The molecule has 1 heterocycles. The molecular weight excluding hydrogens is 334 g/mol. The minimum atomic E-state index is -0.497. The van der Waals surface area contributed by atoms with E-state index in [1.54, 1.807) is 6.92 Å². The van der Waals surface area contributed by atoms with Crippen LogP contribution in [0.1, 0.15) is 16.7 Å². The zero-order valence-corrected chi connectivity index (χ0v) is 14.8. The van der Waals surface area contributed by atoms with Gasteiger partial charge >= 0.3 is 5.69 Å². The van der Waals surface area contributed by atoms with Crippen molar-refractivity contribution in [2.24, 2.45) is 0 Å². The lowest BCUT2D eigenvalue weighted by atomic mass is 10.00. The van der Waals surface area contributed by atoms with Crippen molar-refractivity contribution in [3.05, 3.63) is 63.2 Å². The van der Waals surface area contributed by atoms with Crippen molar-refractivity contribution >= 4 is 17.3 Å². The van der Waals surface area contributed by atoms with Crippen LogP contribution in [0.2, 0.25) is 0 Å². The SMILES string of the molecule is COc1cc(NC(=O)CN2CCc3ccccc3C2)c(C)cc1[N+](=O)[O-]. The van der Waals surface area contributed by atoms with Crippen LogP contribution in [-0.2, 0) is 17.8 Å². The Bertz CT molecular complexity index is 851. The highest BCUT2D eigenvalue weighted by atomic mass is 16.6. The fourth-order valence-corrected chi connectivity index (χ4v) is 3.20. The monoisotopic (exact) mass is 355 g/mol. The van der Waals surface area contributed by atoms with Crippen molar-refractivity contribution < 1.29 is 14.5 Å². The Labute approximate surface area is 151 Å². The minimum Gasteiger partial charge on any atom is -0.490 e. The zero-order chi connectivity index (χ0) is 18.7. The molecule has 0 spiro atoms. The number of nitrogens with zero attached hydrogens (tertiary/aromatic N) is 2. The first-order valence-electron chi connectivity index (χ1n) is 8.40. The Morgan fingerprint density at radius 1 is 1.31 bits per heavy atom. The summed E-state index contributed by atoms with van der Waals surface area (Å²) in [6.07, 6.45) is 0.924. The van der Waals surface area contributed by atoms with Crippen LogP contribution >= 0.6 is 0 Å². The van der Waals surface area contributed by atoms with E-state index in [0.717, 1.165) is 19.5 Å². The number of aryl methyl sites for hydroxylation is 1. The Balaban J connectivity index is 1.68. The summed E-state index contributed by atoms with van der Waals surface area (Å²) in [5.41, 5.74) is 3.61. The maximum atomic E-state index is 12.4. The molecule has 136 valence electrons. The Hall–Kier alpha value is -2.93. The molecule has 7 heteroatoms. The fourth-order valence-electron chi connectivity index (χ4n) is 3.20. The molecule has 1 aliphatic heterocycles. The topological polar surface area (TPSA) is 84.7 Å². The molecule has 3 rings (SSSR count). The molecule has 1 aliphatic rings. The second kappa shape index (κ2) is 7.53. The molecule has 0 aromatic heterocycles. The van der Waals surface area contributed by atoms with Gasteiger partial charge in [-0.3, -0.25) is 19.8 Å². The van der Waals surface area contributed by atoms with Gasteiger partial charge in [-0.1, -0.05) is 24.3 Å². The van der Waals surface area contributed by atoms with Crippen LogP contribution in [0.4, 0.5) is 11.4 Å². The lowest BCUT2D eigenvalue weighted by Crippen LogP contribution is -2.37. The number of nitrogens with one attached hydrogen (secondary N) is 1. The van der Waals surface area contributed by atoms with Crippen LogP contribution in [0.5, 0.6) is 5.75 Å². The number of carbonyl (C=O) groups is 1. The number of benzene rings is 2. The lowest BCUT2D eigenvalue weighted by molar-refractivity contribution is -0.385. The Kier molecular flexibility index (Phi) is 5.18. The van der Waals surface area contributed by atoms with Crippen LogP contribution in [0.3, 0.4) is 0 Å². The van der Waals surface area contributed by atoms with Gasteiger partial charge in [0.15, 0.2) is 5.75 Å². The van der Waals surface area contributed by atoms with E-state index in [1.165, 1.54) is 30.4 Å². The standard InChI is InChI=1S/C19H21N3O4/c1-13-9-17(22(24)25)18(26-2)10-16(13)20-19(23)12-21-8-7-14-5-3-4-6-15(14)11-21/h3-6,9-10H,7-8,11-12H2,1-2H3,(H,20,23). The zero-order valence-electron chi connectivity index (χ0n) is 14.8. The van der Waals surface area contributed by atoms with Gasteiger partial charge in [-0.05, 0) is 30.0 Å². The fraction of sp³-hybridized carbons (Fsp3) is 0.316. The van der Waals surface area contributed by atoms with Crippen molar-refractivity contribution in [2.45, 2.75) is 19.9 Å². The first kappa shape index (κ1) is 17.9. The molecule has 0 unspecified atom stereocenters. The summed E-state index contributed by atoms with van der Waals surface area (Å²) in [6.45, 7) is 3.56. The predicted molar refractivity (Wildman–Crippen MR) is 98.4 cm³/mol. The second-order valence-corrected chi connectivity index (χ2v) is 6.37. The van der Waals surface area contributed by atoms with Crippen LogP contribution in [0.15, 0.2) is 36.4 Å². The number of hydrogen-bond donors (Lipinski definition) is 1. The molecule has 0 radical (unpaired) electrons. The molecule has 2 aromatic rings. The van der Waals surface area contributed by atoms with Gasteiger partial charge in [-0.2, -0.15) is 0 Å². The third-order valence-electron chi connectivity index (χ3n) is 4.57. The summed E-state index contributed by atoms with van der Waals surface area (Å²) in [5, 5.41) is 13.9. The predicted octanol–water partition coefficient (Wildman–Crippen LogP) is 2.91. The lowest BCUT2D eigenvalue weighted by Gasteiger charge is -2.28. The molecule has 0 atom stereocenters. The third-order valence-corrected chi connectivity index (χ3v) is 4.57. The van der Waals surface area contributed by atoms with Gasteiger partial charge in [-0.25, -0.2) is 0 Å². The van der Waals surface area contributed by atoms with Crippen LogP contribution in [0, 0.1) is 17.0 Å². The molecule has 2 aromatic carbocycles. The van der Waals surface area contributed by atoms with Crippen molar-refractivity contribution in [1.29, 1.82) is 0 Å². The number of hydrogen-bond acceptors (Lipinski definition) is 5. The van der Waals surface area contributed by atoms with Crippen molar-refractivity contribution in [3.63, 3.8) is 0 Å². The first-order valence-corrected chi connectivity index (χ1v) is 8.40. The average Bonchev–Trinajstić information content (AvgIpc) is 2.62. The number of carbonyl (C=O) groups excluding carboxylic acids is 1. The summed E-state index contributed by atoms with van der Waals surface area (Å²) >= 11 is 0. The Morgan fingerprint density at radius 3 is 2.73 bits per heavy atom. The van der Waals surface area contributed by atoms with E-state index in [1.807, 2.05) is 12.1 Å². The molecule has 0 saturated heterocycles.